The lowest BCUT2D eigenvalue weighted by Gasteiger charge is -2.19. The zero-order chi connectivity index (χ0) is 27.1. The monoisotopic (exact) mass is 570 g/mol. The van der Waals surface area contributed by atoms with E-state index >= 15 is 0 Å². The van der Waals surface area contributed by atoms with Crippen LogP contribution in [0, 0.1) is 24.0 Å². The molecule has 0 unspecified atom stereocenters. The lowest BCUT2D eigenvalue weighted by atomic mass is 10.2. The topological polar surface area (TPSA) is 88.7 Å². The Labute approximate surface area is 234 Å². The summed E-state index contributed by atoms with van der Waals surface area (Å²) in [5.74, 6) is -0.401. The van der Waals surface area contributed by atoms with Crippen molar-refractivity contribution < 1.29 is 14.5 Å². The van der Waals surface area contributed by atoms with Crippen LogP contribution in [0.15, 0.2) is 47.4 Å². The summed E-state index contributed by atoms with van der Waals surface area (Å²) >= 11 is 13.1. The smallest absolute Gasteiger partial charge is 0.294 e. The molecule has 5 rings (SSSR count). The van der Waals surface area contributed by atoms with Crippen LogP contribution in [-0.2, 0) is 11.3 Å². The molecule has 2 amide bonds. The molecule has 0 bridgehead atoms. The van der Waals surface area contributed by atoms with Gasteiger partial charge in [0.05, 0.1) is 22.1 Å². The maximum Gasteiger partial charge on any atom is 0.294 e. The molecule has 3 heterocycles. The molecule has 2 aliphatic rings. The number of nitrogens with zero attached hydrogens (tertiary/aromatic N) is 4. The number of carbonyl (C=O) groups excluding carboxylic acids is 2. The Hall–Kier alpha value is -3.27. The van der Waals surface area contributed by atoms with Gasteiger partial charge in [0.2, 0.25) is 0 Å². The number of aromatic nitrogens is 1. The number of hydrogen-bond donors (Lipinski definition) is 0. The number of aryl methyl sites for hydroxylation is 1. The normalized spacial score (nSPS) is 16.8. The maximum absolute atomic E-state index is 13.1. The van der Waals surface area contributed by atoms with Gasteiger partial charge in [-0.2, -0.15) is 0 Å². The van der Waals surface area contributed by atoms with Crippen LogP contribution in [0.2, 0.25) is 10.0 Å². The Morgan fingerprint density at radius 1 is 1.05 bits per heavy atom. The summed E-state index contributed by atoms with van der Waals surface area (Å²) in [6.45, 7) is 5.45. The third-order valence-corrected chi connectivity index (χ3v) is 8.33. The van der Waals surface area contributed by atoms with Gasteiger partial charge in [-0.1, -0.05) is 29.3 Å². The number of benzene rings is 2. The minimum Gasteiger partial charge on any atom is -0.366 e. The average Bonchev–Trinajstić information content (AvgIpc) is 3.56. The van der Waals surface area contributed by atoms with E-state index in [1.807, 2.05) is 36.6 Å². The van der Waals surface area contributed by atoms with Crippen LogP contribution in [0.3, 0.4) is 0 Å². The second kappa shape index (κ2) is 10.5. The Balaban J connectivity index is 1.44. The van der Waals surface area contributed by atoms with Gasteiger partial charge >= 0.3 is 0 Å². The Morgan fingerprint density at radius 2 is 1.79 bits per heavy atom. The summed E-state index contributed by atoms with van der Waals surface area (Å²) in [6, 6.07) is 12.1. The van der Waals surface area contributed by atoms with Crippen LogP contribution in [0.1, 0.15) is 35.4 Å². The molecule has 196 valence electrons. The summed E-state index contributed by atoms with van der Waals surface area (Å²) in [7, 11) is 0. The molecule has 0 atom stereocenters. The highest BCUT2D eigenvalue weighted by molar-refractivity contribution is 8.18. The number of nitro benzene ring substituents is 1. The quantitative estimate of drug-likeness (QED) is 0.177. The minimum atomic E-state index is -0.401. The fourth-order valence-corrected chi connectivity index (χ4v) is 6.25. The van der Waals surface area contributed by atoms with E-state index in [9.17, 15) is 19.7 Å². The van der Waals surface area contributed by atoms with Crippen molar-refractivity contribution >= 4 is 63.6 Å². The van der Waals surface area contributed by atoms with Gasteiger partial charge in [0.25, 0.3) is 16.8 Å². The van der Waals surface area contributed by atoms with Crippen molar-refractivity contribution in [2.24, 2.45) is 0 Å². The van der Waals surface area contributed by atoms with E-state index in [1.54, 1.807) is 30.3 Å². The standard InChI is InChI=1S/C27H24Cl2N4O4S/c1-16-11-19(12-25-26(34)31(27(35)38-25)15-18-5-6-20(28)13-22(18)29)17(2)32(16)21-7-8-23(24(14-21)33(36)37)30-9-3-4-10-30/h5-8,11-14H,3-4,9-10,15H2,1-2H3/b25-12-. The number of hydrogen-bond acceptors (Lipinski definition) is 6. The highest BCUT2D eigenvalue weighted by Gasteiger charge is 2.35. The van der Waals surface area contributed by atoms with Crippen molar-refractivity contribution in [3.05, 3.63) is 90.0 Å². The molecule has 2 aromatic carbocycles. The van der Waals surface area contributed by atoms with E-state index in [0.29, 0.717) is 31.9 Å². The number of amides is 2. The lowest BCUT2D eigenvalue weighted by molar-refractivity contribution is -0.384. The van der Waals surface area contributed by atoms with E-state index in [-0.39, 0.29) is 22.4 Å². The Kier molecular flexibility index (Phi) is 7.26. The molecule has 0 aliphatic carbocycles. The summed E-state index contributed by atoms with van der Waals surface area (Å²) in [5, 5.41) is 12.4. The molecular weight excluding hydrogens is 547 g/mol. The largest absolute Gasteiger partial charge is 0.366 e. The van der Waals surface area contributed by atoms with Gasteiger partial charge in [0.1, 0.15) is 5.69 Å². The zero-order valence-electron chi connectivity index (χ0n) is 20.7. The van der Waals surface area contributed by atoms with E-state index < -0.39 is 5.91 Å². The molecule has 11 heteroatoms. The van der Waals surface area contributed by atoms with Crippen LogP contribution in [0.5, 0.6) is 0 Å². The number of anilines is 1. The SMILES string of the molecule is Cc1cc(/C=C2\SC(=O)N(Cc3ccc(Cl)cc3Cl)C2=O)c(C)n1-c1ccc(N2CCCC2)c([N+](=O)[O-])c1. The molecule has 0 saturated carbocycles. The number of halogens is 2. The molecule has 0 spiro atoms. The molecule has 2 fully saturated rings. The maximum atomic E-state index is 13.1. The van der Waals surface area contributed by atoms with Crippen molar-refractivity contribution in [1.82, 2.24) is 9.47 Å². The summed E-state index contributed by atoms with van der Waals surface area (Å²) in [6.07, 6.45) is 3.74. The highest BCUT2D eigenvalue weighted by atomic mass is 35.5. The first-order valence-corrected chi connectivity index (χ1v) is 13.6. The van der Waals surface area contributed by atoms with Gasteiger partial charge in [-0.25, -0.2) is 0 Å². The summed E-state index contributed by atoms with van der Waals surface area (Å²) < 4.78 is 1.92. The molecule has 38 heavy (non-hydrogen) atoms. The van der Waals surface area contributed by atoms with Crippen LogP contribution < -0.4 is 4.90 Å². The average molecular weight is 571 g/mol. The summed E-state index contributed by atoms with van der Waals surface area (Å²) in [5.41, 5.74) is 4.40. The first-order chi connectivity index (χ1) is 18.1. The van der Waals surface area contributed by atoms with Crippen LogP contribution in [-0.4, -0.2) is 38.6 Å². The first-order valence-electron chi connectivity index (χ1n) is 12.1. The lowest BCUT2D eigenvalue weighted by Crippen LogP contribution is -2.27. The molecule has 2 saturated heterocycles. The first kappa shape index (κ1) is 26.3. The molecule has 3 aromatic rings. The molecule has 0 N–H and O–H groups in total. The molecular formula is C27H24Cl2N4O4S. The third kappa shape index (κ3) is 4.93. The number of imide groups is 1. The molecule has 0 radical (unpaired) electrons. The number of nitro groups is 1. The fraction of sp³-hybridized carbons (Fsp3) is 0.259. The van der Waals surface area contributed by atoms with Crippen molar-refractivity contribution in [3.63, 3.8) is 0 Å². The Morgan fingerprint density at radius 3 is 2.47 bits per heavy atom. The van der Waals surface area contributed by atoms with Crippen LogP contribution in [0.25, 0.3) is 11.8 Å². The fourth-order valence-electron chi connectivity index (χ4n) is 4.95. The highest BCUT2D eigenvalue weighted by Crippen LogP contribution is 2.37. The van der Waals surface area contributed by atoms with Crippen molar-refractivity contribution in [1.29, 1.82) is 0 Å². The van der Waals surface area contributed by atoms with Crippen LogP contribution in [0.4, 0.5) is 16.2 Å². The van der Waals surface area contributed by atoms with Crippen LogP contribution >= 0.6 is 35.0 Å². The molecule has 8 nitrogen and oxygen atoms in total. The number of rotatable bonds is 6. The number of thioether (sulfide) groups is 1. The number of carbonyl (C=O) groups is 2. The molecule has 2 aliphatic heterocycles. The predicted molar refractivity (Wildman–Crippen MR) is 151 cm³/mol. The predicted octanol–water partition coefficient (Wildman–Crippen LogP) is 7.15. The van der Waals surface area contributed by atoms with Gasteiger partial charge in [-0.05, 0) is 86.0 Å². The van der Waals surface area contributed by atoms with E-state index in [4.69, 9.17) is 23.2 Å². The Bertz CT molecular complexity index is 1510. The second-order valence-corrected chi connectivity index (χ2v) is 11.1. The van der Waals surface area contributed by atoms with E-state index in [2.05, 4.69) is 4.90 Å². The van der Waals surface area contributed by atoms with E-state index in [0.717, 1.165) is 59.5 Å². The van der Waals surface area contributed by atoms with Crippen molar-refractivity contribution in [2.45, 2.75) is 33.2 Å². The zero-order valence-corrected chi connectivity index (χ0v) is 23.1. The van der Waals surface area contributed by atoms with E-state index in [1.165, 1.54) is 0 Å². The van der Waals surface area contributed by atoms with Gasteiger partial charge in [-0.15, -0.1) is 0 Å². The van der Waals surface area contributed by atoms with Crippen molar-refractivity contribution in [3.8, 4) is 5.69 Å². The van der Waals surface area contributed by atoms with Gasteiger partial charge in [-0.3, -0.25) is 24.6 Å². The van der Waals surface area contributed by atoms with Gasteiger partial charge in [0, 0.05) is 40.6 Å². The summed E-state index contributed by atoms with van der Waals surface area (Å²) in [4.78, 5) is 40.9. The minimum absolute atomic E-state index is 0.0457. The van der Waals surface area contributed by atoms with Gasteiger partial charge in [0.15, 0.2) is 0 Å². The van der Waals surface area contributed by atoms with Crippen molar-refractivity contribution in [2.75, 3.05) is 18.0 Å². The van der Waals surface area contributed by atoms with Gasteiger partial charge < -0.3 is 9.47 Å². The second-order valence-electron chi connectivity index (χ2n) is 9.29. The molecule has 1 aromatic heterocycles. The third-order valence-electron chi connectivity index (χ3n) is 6.83.